The monoisotopic (exact) mass is 1670 g/mol. The minimum atomic E-state index is -4.83. The first-order valence-corrected chi connectivity index (χ1v) is 37.6. The Balaban J connectivity index is 0.000000165. The first kappa shape index (κ1) is 86.6. The Morgan fingerprint density at radius 3 is 1.14 bits per heavy atom. The smallest absolute Gasteiger partial charge is 0.423 e. The highest BCUT2D eigenvalue weighted by Crippen LogP contribution is 2.45. The van der Waals surface area contributed by atoms with Crippen molar-refractivity contribution < 1.29 is 101 Å². The van der Waals surface area contributed by atoms with Gasteiger partial charge >= 0.3 is 18.5 Å². The number of aryl methyl sites for hydroxylation is 3. The first-order valence-electron chi connectivity index (χ1n) is 37.6. The summed E-state index contributed by atoms with van der Waals surface area (Å²) in [4.78, 5) is 105. The predicted octanol–water partition coefficient (Wildman–Crippen LogP) is 14.6. The molecule has 0 bridgehead atoms. The summed E-state index contributed by atoms with van der Waals surface area (Å²) >= 11 is 0. The molecule has 14 rings (SSSR count). The number of benzene rings is 6. The number of aliphatic hydroxyl groups is 1. The number of carbonyl (C=O) groups excluding carboxylic acids is 6. The van der Waals surface area contributed by atoms with Crippen LogP contribution in [0.5, 0.6) is 34.9 Å². The van der Waals surface area contributed by atoms with Gasteiger partial charge in [0.05, 0.1) is 29.9 Å². The number of ether oxygens (including phenoxy) is 4. The third-order valence-corrected chi connectivity index (χ3v) is 20.2. The summed E-state index contributed by atoms with van der Waals surface area (Å²) in [5.74, 6) is -7.58. The quantitative estimate of drug-likeness (QED) is 0.0245. The first-order chi connectivity index (χ1) is 56.9. The lowest BCUT2D eigenvalue weighted by Crippen LogP contribution is -2.45. The number of methoxy groups -OCH3 is 1. The van der Waals surface area contributed by atoms with Crippen molar-refractivity contribution in [2.75, 3.05) is 83.6 Å². The van der Waals surface area contributed by atoms with Crippen molar-refractivity contribution in [1.29, 1.82) is 0 Å². The number of hydrogen-bond donors (Lipinski definition) is 7. The van der Waals surface area contributed by atoms with E-state index in [1.165, 1.54) is 46.1 Å². The molecule has 9 aromatic rings. The third-order valence-electron chi connectivity index (χ3n) is 20.2. The molecule has 2 fully saturated rings. The van der Waals surface area contributed by atoms with Crippen molar-refractivity contribution in [3.8, 4) is 34.9 Å². The Morgan fingerprint density at radius 2 is 0.825 bits per heavy atom. The zero-order chi connectivity index (χ0) is 86.3. The molecule has 0 radical (unpaired) electrons. The summed E-state index contributed by atoms with van der Waals surface area (Å²) in [5.41, 5.74) is 3.29. The summed E-state index contributed by atoms with van der Waals surface area (Å²) in [5, 5.41) is 26.2. The summed E-state index contributed by atoms with van der Waals surface area (Å²) in [7, 11) is 6.30. The molecule has 1 aliphatic carbocycles. The van der Waals surface area contributed by atoms with Gasteiger partial charge in [-0.25, -0.2) is 23.7 Å². The number of alkyl halides is 11. The Hall–Kier alpha value is -12.7. The van der Waals surface area contributed by atoms with Crippen LogP contribution in [0.2, 0.25) is 0 Å². The molecule has 0 unspecified atom stereocenters. The van der Waals surface area contributed by atoms with Crippen LogP contribution < -0.4 is 46.1 Å². The minimum Gasteiger partial charge on any atom is -0.437 e. The molecule has 7 heterocycles. The van der Waals surface area contributed by atoms with Gasteiger partial charge in [-0.1, -0.05) is 36.4 Å². The van der Waals surface area contributed by atoms with Gasteiger partial charge in [0.1, 0.15) is 33.9 Å². The second kappa shape index (κ2) is 36.3. The van der Waals surface area contributed by atoms with E-state index in [-0.39, 0.29) is 126 Å². The maximum atomic E-state index is 13.8. The average molecular weight is 1680 g/mol. The third kappa shape index (κ3) is 20.7. The van der Waals surface area contributed by atoms with Gasteiger partial charge in [0.25, 0.3) is 35.4 Å². The zero-order valence-electron chi connectivity index (χ0n) is 65.5. The van der Waals surface area contributed by atoms with Crippen LogP contribution in [-0.4, -0.2) is 176 Å². The number of nitrogens with zero attached hydrogens (tertiary/aromatic N) is 10. The standard InChI is InChI=1S/C29H31F3N6O4.C28H26F5N5O3.C25H24F3N5O4/c1-17-14-18(25(40)34-20-8-10-38(11-9-20)12-13-39)6-7-22(17)35-28-33-15-21(29(30,31)32)26(36-28)42-23-5-3-4-19-16-37(2)27(41)24(19)23;1-15-12-16(23(39)35-18-8-10-27(29,30)11-9-18)6-7-20(15)36-26-34-13-19(28(31,32)33)24(37-26)41-21-5-3-4-17-14-38(2)25(40)22(17)21;1-14-11-15(21(34)29-9-10-36-3)7-8-18(14)31-24-30-12-17(25(26,27)28)22(32-24)37-19-6-4-5-16-13-33(2)23(35)20(16)19/h3-7,14-15,20,39H,8-13,16H2,1-2H3,(H,34,40)(H,33,35,36);3-7,12-13,18H,8-11,14H2,1-2H3,(H,35,39)(H,34,36,37);4-8,11-12H,9-10,13H2,1-3H3,(H,29,34)(H,30,31,32). The van der Waals surface area contributed by atoms with Crippen LogP contribution in [0.25, 0.3) is 0 Å². The number of aromatic nitrogens is 6. The largest absolute Gasteiger partial charge is 0.437 e. The molecule has 6 aromatic carbocycles. The van der Waals surface area contributed by atoms with E-state index >= 15 is 0 Å². The fourth-order valence-electron chi connectivity index (χ4n) is 13.8. The van der Waals surface area contributed by atoms with Crippen LogP contribution in [0, 0.1) is 20.8 Å². The molecule has 38 heteroatoms. The lowest BCUT2D eigenvalue weighted by molar-refractivity contribution is -0.140. The molecule has 6 amide bonds. The lowest BCUT2D eigenvalue weighted by Gasteiger charge is -2.31. The summed E-state index contributed by atoms with van der Waals surface area (Å²) in [6, 6.07) is 28.2. The van der Waals surface area contributed by atoms with Gasteiger partial charge in [0, 0.05) is 151 Å². The fraction of sp³-hybridized carbons (Fsp3) is 0.341. The van der Waals surface area contributed by atoms with Gasteiger partial charge < -0.3 is 75.6 Å². The van der Waals surface area contributed by atoms with Gasteiger partial charge in [-0.15, -0.1) is 0 Å². The van der Waals surface area contributed by atoms with E-state index in [1.54, 1.807) is 127 Å². The lowest BCUT2D eigenvalue weighted by atomic mass is 9.92. The van der Waals surface area contributed by atoms with E-state index < -0.39 is 64.7 Å². The summed E-state index contributed by atoms with van der Waals surface area (Å²) in [6.07, 6.45) is -11.2. The number of piperidine rings is 1. The molecule has 5 aliphatic rings. The molecular weight excluding hydrogens is 1590 g/mol. The second-order valence-corrected chi connectivity index (χ2v) is 29.0. The van der Waals surface area contributed by atoms with Gasteiger partial charge in [-0.3, -0.25) is 28.8 Å². The SMILES string of the molecule is COCCNC(=O)c1ccc(Nc2ncc(C(F)(F)F)c(Oc3cccc4c3C(=O)N(C)C4)n2)c(C)c1.Cc1cc(C(=O)NC2CCC(F)(F)CC2)ccc1Nc1ncc(C(F)(F)F)c(Oc2cccc3c2C(=O)N(C)C3)n1.Cc1cc(C(=O)NC2CCN(CCO)CC2)ccc1Nc1ncc(C(F)(F)F)c(Oc2cccc3c2C(=O)N(C)C3)n1. The predicted molar refractivity (Wildman–Crippen MR) is 414 cm³/mol. The van der Waals surface area contributed by atoms with E-state index in [1.807, 2.05) is 0 Å². The fourth-order valence-corrected chi connectivity index (χ4v) is 13.8. The topological polar surface area (TPSA) is 322 Å². The normalized spacial score (nSPS) is 15.3. The molecule has 0 atom stereocenters. The molecule has 7 N–H and O–H groups in total. The van der Waals surface area contributed by atoms with Crippen molar-refractivity contribution in [3.05, 3.63) is 211 Å². The van der Waals surface area contributed by atoms with Crippen LogP contribution in [0.1, 0.15) is 151 Å². The van der Waals surface area contributed by atoms with Crippen molar-refractivity contribution >= 4 is 70.4 Å². The number of anilines is 6. The van der Waals surface area contributed by atoms with Crippen LogP contribution >= 0.6 is 0 Å². The van der Waals surface area contributed by atoms with Crippen LogP contribution in [0.15, 0.2) is 128 Å². The molecule has 4 aliphatic heterocycles. The Kier molecular flexibility index (Phi) is 26.2. The highest BCUT2D eigenvalue weighted by molar-refractivity contribution is 6.03. The van der Waals surface area contributed by atoms with Gasteiger partial charge in [-0.05, 0) is 153 Å². The average Bonchev–Trinajstić information content (AvgIpc) is 1.49. The minimum absolute atomic E-state index is 0.0254. The van der Waals surface area contributed by atoms with Gasteiger partial charge in [-0.2, -0.15) is 54.5 Å². The number of halogens is 11. The van der Waals surface area contributed by atoms with E-state index in [0.717, 1.165) is 25.9 Å². The van der Waals surface area contributed by atoms with Crippen LogP contribution in [-0.2, 0) is 42.9 Å². The second-order valence-electron chi connectivity index (χ2n) is 29.0. The number of fused-ring (bicyclic) bond motifs is 3. The van der Waals surface area contributed by atoms with Crippen molar-refractivity contribution in [1.82, 2.24) is 65.5 Å². The van der Waals surface area contributed by atoms with E-state index in [0.29, 0.717) is 125 Å². The zero-order valence-corrected chi connectivity index (χ0v) is 65.5. The number of rotatable bonds is 22. The van der Waals surface area contributed by atoms with E-state index in [4.69, 9.17) is 24.1 Å². The van der Waals surface area contributed by atoms with Crippen LogP contribution in [0.3, 0.4) is 0 Å². The molecule has 3 aromatic heterocycles. The molecule has 120 heavy (non-hydrogen) atoms. The maximum Gasteiger partial charge on any atom is 0.423 e. The molecule has 1 saturated heterocycles. The highest BCUT2D eigenvalue weighted by atomic mass is 19.4. The number of hydrogen-bond acceptors (Lipinski definition) is 21. The number of likely N-dealkylation sites (tertiary alicyclic amines) is 1. The molecule has 632 valence electrons. The molecule has 27 nitrogen and oxygen atoms in total. The Labute approximate surface area is 679 Å². The number of nitrogens with one attached hydrogen (secondary N) is 6. The molecule has 1 saturated carbocycles. The van der Waals surface area contributed by atoms with Crippen molar-refractivity contribution in [3.63, 3.8) is 0 Å². The van der Waals surface area contributed by atoms with Crippen molar-refractivity contribution in [2.45, 2.75) is 115 Å². The number of carbonyl (C=O) groups is 6. The maximum absolute atomic E-state index is 13.8. The Bertz CT molecular complexity index is 5370. The molecular formula is C82H81F11N16O11. The van der Waals surface area contributed by atoms with Crippen molar-refractivity contribution in [2.24, 2.45) is 0 Å². The van der Waals surface area contributed by atoms with Gasteiger partial charge in [0.15, 0.2) is 0 Å². The van der Waals surface area contributed by atoms with E-state index in [9.17, 15) is 77.1 Å². The number of β-amino-alcohol motifs (C(OH)–C–C–N with tert-alkyl or cyclic N) is 1. The summed E-state index contributed by atoms with van der Waals surface area (Å²) in [6.45, 7) is 9.16. The van der Waals surface area contributed by atoms with Gasteiger partial charge in [0.2, 0.25) is 41.4 Å². The molecule has 0 spiro atoms. The number of aliphatic hydroxyl groups excluding tert-OH is 1. The van der Waals surface area contributed by atoms with E-state index in [2.05, 4.69) is 66.7 Å². The summed E-state index contributed by atoms with van der Waals surface area (Å²) < 4.78 is 172. The van der Waals surface area contributed by atoms with Crippen LogP contribution in [0.4, 0.5) is 83.2 Å². The number of amides is 6. The highest BCUT2D eigenvalue weighted by Gasteiger charge is 2.42. The Morgan fingerprint density at radius 1 is 0.492 bits per heavy atom.